The highest BCUT2D eigenvalue weighted by molar-refractivity contribution is 6.32. The first-order valence-corrected chi connectivity index (χ1v) is 8.30. The molecule has 4 rings (SSSR count). The molecule has 0 radical (unpaired) electrons. The Hall–Kier alpha value is -2.71. The molecule has 1 unspecified atom stereocenters. The summed E-state index contributed by atoms with van der Waals surface area (Å²) in [6.45, 7) is 0.332. The van der Waals surface area contributed by atoms with Gasteiger partial charge in [-0.2, -0.15) is 0 Å². The Morgan fingerprint density at radius 2 is 2.00 bits per heavy atom. The van der Waals surface area contributed by atoms with E-state index in [1.54, 1.807) is 6.07 Å². The summed E-state index contributed by atoms with van der Waals surface area (Å²) in [6.07, 6.45) is 0.470. The van der Waals surface area contributed by atoms with Gasteiger partial charge in [0, 0.05) is 35.4 Å². The third kappa shape index (κ3) is 2.58. The number of nitrogens with one attached hydrogen (secondary N) is 1. The number of halogens is 1. The molecule has 1 atom stereocenters. The molecule has 1 N–H and O–H groups in total. The van der Waals surface area contributed by atoms with Crippen LogP contribution in [0.25, 0.3) is 0 Å². The number of cyclic esters (lactones) is 1. The van der Waals surface area contributed by atoms with Crippen molar-refractivity contribution < 1.29 is 24.0 Å². The van der Waals surface area contributed by atoms with Gasteiger partial charge in [-0.15, -0.1) is 0 Å². The van der Waals surface area contributed by atoms with Crippen molar-refractivity contribution in [2.45, 2.75) is 12.3 Å². The Bertz CT molecular complexity index is 878. The second-order valence-electron chi connectivity index (χ2n) is 6.11. The number of hydrogen-bond acceptors (Lipinski definition) is 7. The molecule has 8 nitrogen and oxygen atoms in total. The van der Waals surface area contributed by atoms with E-state index < -0.39 is 16.8 Å². The van der Waals surface area contributed by atoms with Crippen molar-refractivity contribution in [1.29, 1.82) is 0 Å². The molecule has 1 aromatic carbocycles. The number of nitro benzene ring substituents is 1. The first-order chi connectivity index (χ1) is 12.5. The van der Waals surface area contributed by atoms with Gasteiger partial charge in [0.05, 0.1) is 23.7 Å². The van der Waals surface area contributed by atoms with Crippen molar-refractivity contribution in [3.8, 4) is 0 Å². The zero-order chi connectivity index (χ0) is 18.4. The summed E-state index contributed by atoms with van der Waals surface area (Å²) in [5, 5.41) is 14.4. The normalized spacial score (nSPS) is 22.4. The molecular weight excluding hydrogens is 364 g/mol. The zero-order valence-electron chi connectivity index (χ0n) is 13.4. The van der Waals surface area contributed by atoms with Crippen LogP contribution < -0.4 is 5.32 Å². The summed E-state index contributed by atoms with van der Waals surface area (Å²) in [6, 6.07) is 4.29. The molecule has 0 saturated carbocycles. The van der Waals surface area contributed by atoms with Crippen molar-refractivity contribution in [2.24, 2.45) is 0 Å². The number of hydrogen-bond donors (Lipinski definition) is 1. The maximum atomic E-state index is 12.5. The van der Waals surface area contributed by atoms with Crippen molar-refractivity contribution in [3.05, 3.63) is 61.4 Å². The number of benzene rings is 1. The lowest BCUT2D eigenvalue weighted by molar-refractivity contribution is -0.384. The van der Waals surface area contributed by atoms with Crippen LogP contribution in [0, 0.1) is 10.1 Å². The van der Waals surface area contributed by atoms with Crippen LogP contribution in [0.3, 0.4) is 0 Å². The lowest BCUT2D eigenvalue weighted by Crippen LogP contribution is -2.40. The highest BCUT2D eigenvalue weighted by atomic mass is 35.5. The van der Waals surface area contributed by atoms with E-state index in [1.807, 2.05) is 0 Å². The van der Waals surface area contributed by atoms with Crippen molar-refractivity contribution >= 4 is 29.0 Å². The Balaban J connectivity index is 1.93. The van der Waals surface area contributed by atoms with E-state index in [0.717, 1.165) is 0 Å². The minimum Gasteiger partial charge on any atom is -0.462 e. The van der Waals surface area contributed by atoms with Crippen LogP contribution in [0.1, 0.15) is 17.9 Å². The van der Waals surface area contributed by atoms with Crippen LogP contribution in [0.15, 0.2) is 40.7 Å². The van der Waals surface area contributed by atoms with Crippen LogP contribution in [-0.2, 0) is 19.1 Å². The largest absolute Gasteiger partial charge is 0.462 e. The second kappa shape index (κ2) is 6.22. The third-order valence-electron chi connectivity index (χ3n) is 4.61. The molecule has 0 amide bonds. The Kier molecular flexibility index (Phi) is 4.01. The number of esters is 1. The predicted octanol–water partition coefficient (Wildman–Crippen LogP) is 1.99. The van der Waals surface area contributed by atoms with Gasteiger partial charge in [0.2, 0.25) is 0 Å². The van der Waals surface area contributed by atoms with Gasteiger partial charge in [0.1, 0.15) is 11.6 Å². The first kappa shape index (κ1) is 16.7. The van der Waals surface area contributed by atoms with Gasteiger partial charge in [0.25, 0.3) is 5.69 Å². The highest BCUT2D eigenvalue weighted by Crippen LogP contribution is 2.43. The number of carbonyl (C=O) groups excluding carboxylic acids is 2. The molecule has 26 heavy (non-hydrogen) atoms. The van der Waals surface area contributed by atoms with E-state index in [-0.39, 0.29) is 36.3 Å². The van der Waals surface area contributed by atoms with Crippen LogP contribution in [0.5, 0.6) is 0 Å². The monoisotopic (exact) mass is 376 g/mol. The van der Waals surface area contributed by atoms with Crippen molar-refractivity contribution in [2.75, 3.05) is 19.8 Å². The van der Waals surface area contributed by atoms with Crippen molar-refractivity contribution in [1.82, 2.24) is 5.32 Å². The van der Waals surface area contributed by atoms with Crippen LogP contribution >= 0.6 is 11.6 Å². The summed E-state index contributed by atoms with van der Waals surface area (Å²) >= 11 is 5.91. The lowest BCUT2D eigenvalue weighted by Gasteiger charge is -2.36. The SMILES string of the molecule is O=C1COCC2=C1C(c1ccc(Cl)c([N+](=O)[O-])c1)C1=C(CCOC1=O)N2. The van der Waals surface area contributed by atoms with Gasteiger partial charge < -0.3 is 14.8 Å². The number of dihydropyridines is 1. The quantitative estimate of drug-likeness (QED) is 0.477. The maximum Gasteiger partial charge on any atom is 0.336 e. The van der Waals surface area contributed by atoms with Crippen LogP contribution in [-0.4, -0.2) is 36.5 Å². The van der Waals surface area contributed by atoms with Gasteiger partial charge in [-0.25, -0.2) is 4.79 Å². The molecule has 3 aliphatic rings. The van der Waals surface area contributed by atoms with Gasteiger partial charge in [-0.1, -0.05) is 17.7 Å². The zero-order valence-corrected chi connectivity index (χ0v) is 14.2. The number of rotatable bonds is 2. The maximum absolute atomic E-state index is 12.5. The third-order valence-corrected chi connectivity index (χ3v) is 4.93. The summed E-state index contributed by atoms with van der Waals surface area (Å²) in [5.74, 6) is -1.56. The highest BCUT2D eigenvalue weighted by Gasteiger charge is 2.42. The smallest absolute Gasteiger partial charge is 0.336 e. The molecule has 3 heterocycles. The molecule has 0 saturated heterocycles. The molecule has 0 fully saturated rings. The average Bonchev–Trinajstić information content (AvgIpc) is 2.61. The van der Waals surface area contributed by atoms with Crippen LogP contribution in [0.2, 0.25) is 5.02 Å². The number of ketones is 1. The van der Waals surface area contributed by atoms with E-state index in [2.05, 4.69) is 5.32 Å². The molecule has 134 valence electrons. The predicted molar refractivity (Wildman–Crippen MR) is 89.4 cm³/mol. The molecular formula is C17H13ClN2O6. The fraction of sp³-hybridized carbons (Fsp3) is 0.294. The minimum absolute atomic E-state index is 0.0133. The molecule has 1 aromatic rings. The van der Waals surface area contributed by atoms with E-state index in [1.165, 1.54) is 12.1 Å². The molecule has 3 aliphatic heterocycles. The first-order valence-electron chi connectivity index (χ1n) is 7.92. The summed E-state index contributed by atoms with van der Waals surface area (Å²) < 4.78 is 10.4. The van der Waals surface area contributed by atoms with Gasteiger partial charge in [0.15, 0.2) is 5.78 Å². The lowest BCUT2D eigenvalue weighted by atomic mass is 9.77. The standard InChI is InChI=1S/C17H13ClN2O6/c18-9-2-1-8(5-12(9)20(23)24)14-15-11(6-25-7-13(15)21)19-10-3-4-26-17(22)16(10)14/h1-2,5,14,19H,3-4,6-7H2. The fourth-order valence-corrected chi connectivity index (χ4v) is 3.71. The molecule has 9 heteroatoms. The number of Topliss-reactive ketones (excluding diaryl/α,β-unsaturated/α-hetero) is 1. The van der Waals surface area contributed by atoms with Gasteiger partial charge >= 0.3 is 5.97 Å². The second-order valence-corrected chi connectivity index (χ2v) is 6.52. The molecule has 0 spiro atoms. The van der Waals surface area contributed by atoms with Crippen molar-refractivity contribution in [3.63, 3.8) is 0 Å². The Labute approximate surface area is 152 Å². The summed E-state index contributed by atoms with van der Waals surface area (Å²) in [5.41, 5.74) is 2.08. The van der Waals surface area contributed by atoms with E-state index in [9.17, 15) is 19.7 Å². The van der Waals surface area contributed by atoms with E-state index in [4.69, 9.17) is 21.1 Å². The van der Waals surface area contributed by atoms with E-state index >= 15 is 0 Å². The number of ether oxygens (including phenoxy) is 2. The minimum atomic E-state index is -0.749. The van der Waals surface area contributed by atoms with Gasteiger partial charge in [-0.3, -0.25) is 14.9 Å². The fourth-order valence-electron chi connectivity index (χ4n) is 3.52. The summed E-state index contributed by atoms with van der Waals surface area (Å²) in [7, 11) is 0. The molecule has 0 aromatic heterocycles. The number of nitrogens with zero attached hydrogens (tertiary/aromatic N) is 1. The Morgan fingerprint density at radius 3 is 2.77 bits per heavy atom. The molecule has 0 bridgehead atoms. The topological polar surface area (TPSA) is 108 Å². The van der Waals surface area contributed by atoms with Crippen LogP contribution in [0.4, 0.5) is 5.69 Å². The molecule has 0 aliphatic carbocycles. The van der Waals surface area contributed by atoms with Gasteiger partial charge in [-0.05, 0) is 11.6 Å². The average molecular weight is 377 g/mol. The summed E-state index contributed by atoms with van der Waals surface area (Å²) in [4.78, 5) is 35.6. The van der Waals surface area contributed by atoms with E-state index in [0.29, 0.717) is 34.5 Å². The number of nitro groups is 1. The number of carbonyl (C=O) groups is 2. The Morgan fingerprint density at radius 1 is 1.19 bits per heavy atom.